The molecule has 19 heavy (non-hydrogen) atoms. The van der Waals surface area contributed by atoms with Gasteiger partial charge < -0.3 is 11.1 Å². The fraction of sp³-hybridized carbons (Fsp3) is 0.462. The SMILES string of the molecule is NC(=S)c1ccc(NCC2CCSCC2)c(F)c1Br. The van der Waals surface area contributed by atoms with E-state index in [4.69, 9.17) is 18.0 Å². The molecule has 0 aromatic heterocycles. The number of nitrogens with one attached hydrogen (secondary N) is 1. The van der Waals surface area contributed by atoms with Crippen molar-refractivity contribution in [1.29, 1.82) is 0 Å². The van der Waals surface area contributed by atoms with Gasteiger partial charge in [-0.2, -0.15) is 11.8 Å². The smallest absolute Gasteiger partial charge is 0.161 e. The van der Waals surface area contributed by atoms with Gasteiger partial charge in [0, 0.05) is 12.1 Å². The van der Waals surface area contributed by atoms with Gasteiger partial charge in [-0.3, -0.25) is 0 Å². The molecule has 1 aliphatic heterocycles. The Bertz CT molecular complexity index is 476. The number of hydrogen-bond acceptors (Lipinski definition) is 3. The van der Waals surface area contributed by atoms with Crippen molar-refractivity contribution in [2.45, 2.75) is 12.8 Å². The summed E-state index contributed by atoms with van der Waals surface area (Å²) in [5.41, 5.74) is 6.58. The van der Waals surface area contributed by atoms with E-state index in [2.05, 4.69) is 21.2 Å². The Kier molecular flexibility index (Phi) is 5.47. The largest absolute Gasteiger partial charge is 0.389 e. The number of thioether (sulfide) groups is 1. The van der Waals surface area contributed by atoms with Gasteiger partial charge in [0.05, 0.1) is 10.2 Å². The molecule has 1 saturated heterocycles. The van der Waals surface area contributed by atoms with Gasteiger partial charge in [0.2, 0.25) is 0 Å². The average molecular weight is 363 g/mol. The van der Waals surface area contributed by atoms with E-state index in [1.54, 1.807) is 12.1 Å². The highest BCUT2D eigenvalue weighted by molar-refractivity contribution is 9.10. The van der Waals surface area contributed by atoms with Gasteiger partial charge >= 0.3 is 0 Å². The van der Waals surface area contributed by atoms with Crippen LogP contribution in [0.5, 0.6) is 0 Å². The summed E-state index contributed by atoms with van der Waals surface area (Å²) in [5, 5.41) is 3.19. The lowest BCUT2D eigenvalue weighted by molar-refractivity contribution is 0.514. The van der Waals surface area contributed by atoms with E-state index >= 15 is 0 Å². The average Bonchev–Trinajstić information content (AvgIpc) is 2.41. The number of thiocarbonyl (C=S) groups is 1. The third-order valence-corrected chi connectivity index (χ3v) is 5.31. The normalized spacial score (nSPS) is 16.3. The molecule has 0 spiro atoms. The molecule has 1 aromatic rings. The molecular formula is C13H16BrFN2S2. The van der Waals surface area contributed by atoms with E-state index < -0.39 is 0 Å². The predicted octanol–water partition coefficient (Wildman–Crippen LogP) is 3.78. The second kappa shape index (κ2) is 6.90. The predicted molar refractivity (Wildman–Crippen MR) is 88.5 cm³/mol. The van der Waals surface area contributed by atoms with E-state index in [-0.39, 0.29) is 10.8 Å². The molecule has 0 bridgehead atoms. The van der Waals surface area contributed by atoms with Crippen LogP contribution < -0.4 is 11.1 Å². The fourth-order valence-corrected chi connectivity index (χ4v) is 4.15. The molecule has 2 rings (SSSR count). The first kappa shape index (κ1) is 15.1. The summed E-state index contributed by atoms with van der Waals surface area (Å²) in [7, 11) is 0. The summed E-state index contributed by atoms with van der Waals surface area (Å²) < 4.78 is 14.5. The second-order valence-corrected chi connectivity index (χ2v) is 7.05. The van der Waals surface area contributed by atoms with Crippen molar-refractivity contribution in [2.24, 2.45) is 11.7 Å². The van der Waals surface area contributed by atoms with Gasteiger partial charge in [-0.15, -0.1) is 0 Å². The zero-order chi connectivity index (χ0) is 13.8. The Labute approximate surface area is 130 Å². The maximum atomic E-state index is 14.1. The van der Waals surface area contributed by atoms with Gasteiger partial charge in [-0.25, -0.2) is 4.39 Å². The summed E-state index contributed by atoms with van der Waals surface area (Å²) in [6, 6.07) is 3.45. The zero-order valence-corrected chi connectivity index (χ0v) is 13.6. The van der Waals surface area contributed by atoms with Crippen molar-refractivity contribution >= 4 is 50.6 Å². The van der Waals surface area contributed by atoms with Crippen molar-refractivity contribution in [3.05, 3.63) is 28.0 Å². The lowest BCUT2D eigenvalue weighted by atomic mass is 10.0. The van der Waals surface area contributed by atoms with Gasteiger partial charge in [-0.1, -0.05) is 12.2 Å². The van der Waals surface area contributed by atoms with Gasteiger partial charge in [0.25, 0.3) is 0 Å². The van der Waals surface area contributed by atoms with E-state index in [9.17, 15) is 4.39 Å². The zero-order valence-electron chi connectivity index (χ0n) is 10.4. The van der Waals surface area contributed by atoms with E-state index in [1.807, 2.05) is 11.8 Å². The third-order valence-electron chi connectivity index (χ3n) is 3.27. The van der Waals surface area contributed by atoms with Gasteiger partial charge in [-0.05, 0) is 58.3 Å². The molecular weight excluding hydrogens is 347 g/mol. The van der Waals surface area contributed by atoms with Crippen molar-refractivity contribution in [3.8, 4) is 0 Å². The highest BCUT2D eigenvalue weighted by Crippen LogP contribution is 2.28. The summed E-state index contributed by atoms with van der Waals surface area (Å²) >= 11 is 10.1. The minimum absolute atomic E-state index is 0.196. The van der Waals surface area contributed by atoms with Gasteiger partial charge in [0.15, 0.2) is 5.82 Å². The molecule has 0 unspecified atom stereocenters. The van der Waals surface area contributed by atoms with E-state index in [1.165, 1.54) is 24.3 Å². The highest BCUT2D eigenvalue weighted by Gasteiger charge is 2.16. The van der Waals surface area contributed by atoms with Crippen molar-refractivity contribution in [2.75, 3.05) is 23.4 Å². The molecule has 0 atom stereocenters. The second-order valence-electron chi connectivity index (χ2n) is 4.59. The third kappa shape index (κ3) is 3.83. The van der Waals surface area contributed by atoms with Gasteiger partial charge in [0.1, 0.15) is 4.99 Å². The van der Waals surface area contributed by atoms with Crippen LogP contribution >= 0.6 is 39.9 Å². The van der Waals surface area contributed by atoms with E-state index in [0.29, 0.717) is 21.6 Å². The number of hydrogen-bond donors (Lipinski definition) is 2. The lowest BCUT2D eigenvalue weighted by Crippen LogP contribution is -2.20. The Balaban J connectivity index is 2.04. The van der Waals surface area contributed by atoms with Crippen LogP contribution in [-0.4, -0.2) is 23.0 Å². The maximum Gasteiger partial charge on any atom is 0.161 e. The fourth-order valence-electron chi connectivity index (χ4n) is 2.08. The standard InChI is InChI=1S/C13H16BrFN2S2/c14-11-9(13(16)18)1-2-10(12(11)15)17-7-8-3-5-19-6-4-8/h1-2,8,17H,3-7H2,(H2,16,18). The molecule has 2 nitrogen and oxygen atoms in total. The molecule has 0 amide bonds. The molecule has 0 radical (unpaired) electrons. The summed E-state index contributed by atoms with van der Waals surface area (Å²) in [4.78, 5) is 0.196. The molecule has 104 valence electrons. The van der Waals surface area contributed by atoms with E-state index in [0.717, 1.165) is 6.54 Å². The maximum absolute atomic E-state index is 14.1. The topological polar surface area (TPSA) is 38.0 Å². The number of halogens is 2. The lowest BCUT2D eigenvalue weighted by Gasteiger charge is -2.22. The summed E-state index contributed by atoms with van der Waals surface area (Å²) in [6.07, 6.45) is 2.40. The highest BCUT2D eigenvalue weighted by atomic mass is 79.9. The quantitative estimate of drug-likeness (QED) is 0.799. The van der Waals surface area contributed by atoms with Crippen LogP contribution in [-0.2, 0) is 0 Å². The van der Waals surface area contributed by atoms with Crippen molar-refractivity contribution < 1.29 is 4.39 Å². The van der Waals surface area contributed by atoms with Crippen LogP contribution in [0.2, 0.25) is 0 Å². The Morgan fingerprint density at radius 3 is 2.79 bits per heavy atom. The van der Waals surface area contributed by atoms with Crippen molar-refractivity contribution in [1.82, 2.24) is 0 Å². The first-order valence-corrected chi connectivity index (χ1v) is 8.54. The monoisotopic (exact) mass is 362 g/mol. The molecule has 6 heteroatoms. The number of anilines is 1. The number of rotatable bonds is 4. The summed E-state index contributed by atoms with van der Waals surface area (Å²) in [6.45, 7) is 0.816. The number of nitrogens with two attached hydrogens (primary N) is 1. The van der Waals surface area contributed by atoms with Crippen LogP contribution in [0.1, 0.15) is 18.4 Å². The number of benzene rings is 1. The van der Waals surface area contributed by atoms with Crippen LogP contribution in [0.4, 0.5) is 10.1 Å². The van der Waals surface area contributed by atoms with Crippen molar-refractivity contribution in [3.63, 3.8) is 0 Å². The van der Waals surface area contributed by atoms with Crippen LogP contribution in [0, 0.1) is 11.7 Å². The minimum atomic E-state index is -0.324. The molecule has 0 saturated carbocycles. The molecule has 3 N–H and O–H groups in total. The molecule has 1 aromatic carbocycles. The Morgan fingerprint density at radius 1 is 1.47 bits per heavy atom. The van der Waals surface area contributed by atoms with Crippen LogP contribution in [0.3, 0.4) is 0 Å². The molecule has 0 aliphatic carbocycles. The molecule has 1 fully saturated rings. The minimum Gasteiger partial charge on any atom is -0.389 e. The summed E-state index contributed by atoms with van der Waals surface area (Å²) in [5.74, 6) is 2.72. The first-order valence-electron chi connectivity index (χ1n) is 6.19. The molecule has 1 aliphatic rings. The Morgan fingerprint density at radius 2 is 2.16 bits per heavy atom. The Hall–Kier alpha value is -0.330. The first-order chi connectivity index (χ1) is 9.09. The van der Waals surface area contributed by atoms with Crippen LogP contribution in [0.15, 0.2) is 16.6 Å². The molecule has 1 heterocycles. The van der Waals surface area contributed by atoms with Crippen LogP contribution in [0.25, 0.3) is 0 Å².